The topological polar surface area (TPSA) is 77.7 Å². The van der Waals surface area contributed by atoms with Crippen LogP contribution in [0.2, 0.25) is 0 Å². The number of hydrogen-bond acceptors (Lipinski definition) is 5. The molecule has 0 aliphatic carbocycles. The van der Waals surface area contributed by atoms with Crippen LogP contribution in [0.5, 0.6) is 0 Å². The van der Waals surface area contributed by atoms with Crippen molar-refractivity contribution < 1.29 is 14.3 Å². The molecule has 2 aliphatic heterocycles. The van der Waals surface area contributed by atoms with Gasteiger partial charge in [0.15, 0.2) is 0 Å². The lowest BCUT2D eigenvalue weighted by atomic mass is 9.91. The van der Waals surface area contributed by atoms with Gasteiger partial charge in [-0.1, -0.05) is 67.8 Å². The van der Waals surface area contributed by atoms with Crippen LogP contribution in [0.15, 0.2) is 86.8 Å². The highest BCUT2D eigenvalue weighted by Crippen LogP contribution is 2.54. The van der Waals surface area contributed by atoms with E-state index in [2.05, 4.69) is 84.3 Å². The molecule has 2 saturated heterocycles. The second-order valence-corrected chi connectivity index (χ2v) is 14.8. The Morgan fingerprint density at radius 1 is 1.05 bits per heavy atom. The molecule has 2 fully saturated rings. The zero-order valence-electron chi connectivity index (χ0n) is 24.7. The van der Waals surface area contributed by atoms with E-state index >= 15 is 0 Å². The van der Waals surface area contributed by atoms with Crippen LogP contribution in [-0.2, 0) is 20.9 Å². The molecule has 0 spiro atoms. The number of rotatable bonds is 10. The van der Waals surface area contributed by atoms with Gasteiger partial charge < -0.3 is 19.9 Å². The third-order valence-electron chi connectivity index (χ3n) is 8.47. The maximum atomic E-state index is 14.6. The molecule has 3 aromatic carbocycles. The molecule has 3 heterocycles. The monoisotopic (exact) mass is 738 g/mol. The minimum atomic E-state index is -1.08. The van der Waals surface area contributed by atoms with Crippen LogP contribution in [0.4, 0.5) is 0 Å². The average Bonchev–Trinajstić information content (AvgIpc) is 3.55. The first-order valence-electron chi connectivity index (χ1n) is 15.0. The number of fused-ring (bicyclic) bond motifs is 1. The summed E-state index contributed by atoms with van der Waals surface area (Å²) in [5.74, 6) is -0.138. The molecular formula is C34H36Br2N4O3S. The van der Waals surface area contributed by atoms with Gasteiger partial charge in [-0.05, 0) is 61.9 Å². The van der Waals surface area contributed by atoms with Crippen molar-refractivity contribution in [1.29, 1.82) is 0 Å². The number of thioether (sulfide) groups is 1. The molecule has 0 saturated carbocycles. The van der Waals surface area contributed by atoms with E-state index in [0.717, 1.165) is 80.7 Å². The third-order valence-corrected chi connectivity index (χ3v) is 10.9. The number of nitrogens with one attached hydrogen (secondary N) is 2. The molecule has 2 unspecified atom stereocenters. The Hall–Kier alpha value is -2.63. The highest BCUT2D eigenvalue weighted by Gasteiger charge is 2.58. The van der Waals surface area contributed by atoms with Crippen molar-refractivity contribution in [2.45, 2.75) is 42.0 Å². The van der Waals surface area contributed by atoms with Gasteiger partial charge in [0.05, 0.1) is 25.7 Å². The molecule has 230 valence electrons. The number of nitrogens with zero attached hydrogens (tertiary/aromatic N) is 2. The average molecular weight is 741 g/mol. The molecular weight excluding hydrogens is 704 g/mol. The minimum Gasteiger partial charge on any atom is -0.379 e. The van der Waals surface area contributed by atoms with Gasteiger partial charge in [-0.25, -0.2) is 0 Å². The van der Waals surface area contributed by atoms with E-state index in [1.54, 1.807) is 0 Å². The van der Waals surface area contributed by atoms with Crippen molar-refractivity contribution in [3.63, 3.8) is 0 Å². The first kappa shape index (κ1) is 31.4. The molecule has 2 aliphatic rings. The smallest absolute Gasteiger partial charge is 0.239 e. The molecule has 10 heteroatoms. The molecule has 44 heavy (non-hydrogen) atoms. The lowest BCUT2D eigenvalue weighted by Gasteiger charge is -2.36. The highest BCUT2D eigenvalue weighted by atomic mass is 79.9. The lowest BCUT2D eigenvalue weighted by molar-refractivity contribution is -0.129. The maximum Gasteiger partial charge on any atom is 0.239 e. The van der Waals surface area contributed by atoms with Gasteiger partial charge in [0.1, 0.15) is 4.75 Å². The molecule has 0 bridgehead atoms. The highest BCUT2D eigenvalue weighted by molar-refractivity contribution is 9.10. The fourth-order valence-corrected chi connectivity index (χ4v) is 8.23. The number of halogens is 2. The van der Waals surface area contributed by atoms with Crippen LogP contribution in [0.3, 0.4) is 0 Å². The number of carbonyl (C=O) groups excluding carboxylic acids is 2. The summed E-state index contributed by atoms with van der Waals surface area (Å²) in [7, 11) is 0. The van der Waals surface area contributed by atoms with Crippen LogP contribution >= 0.6 is 43.6 Å². The number of aromatic nitrogens is 1. The maximum absolute atomic E-state index is 14.6. The molecule has 0 radical (unpaired) electrons. The van der Waals surface area contributed by atoms with Gasteiger partial charge in [0.2, 0.25) is 11.8 Å². The molecule has 4 aromatic rings. The summed E-state index contributed by atoms with van der Waals surface area (Å²) in [5.41, 5.74) is 4.06. The summed E-state index contributed by atoms with van der Waals surface area (Å²) >= 11 is 8.62. The van der Waals surface area contributed by atoms with E-state index in [4.69, 9.17) is 4.74 Å². The molecule has 7 nitrogen and oxygen atoms in total. The van der Waals surface area contributed by atoms with Gasteiger partial charge in [-0.3, -0.25) is 14.5 Å². The molecule has 6 rings (SSSR count). The quantitative estimate of drug-likeness (QED) is 0.174. The lowest BCUT2D eigenvalue weighted by Crippen LogP contribution is -2.48. The number of hydrogen-bond donors (Lipinski definition) is 2. The van der Waals surface area contributed by atoms with Crippen LogP contribution in [-0.4, -0.2) is 70.7 Å². The number of likely N-dealkylation sites (tertiary alicyclic amines) is 1. The normalized spacial score (nSPS) is 20.8. The van der Waals surface area contributed by atoms with E-state index < -0.39 is 10.8 Å². The Morgan fingerprint density at radius 2 is 1.77 bits per heavy atom. The summed E-state index contributed by atoms with van der Waals surface area (Å²) in [6.07, 6.45) is 2.91. The number of ether oxygens (including phenoxy) is 1. The number of H-pyrrole nitrogens is 1. The largest absolute Gasteiger partial charge is 0.379 e. The van der Waals surface area contributed by atoms with Crippen LogP contribution < -0.4 is 5.32 Å². The van der Waals surface area contributed by atoms with E-state index in [1.165, 1.54) is 11.8 Å². The van der Waals surface area contributed by atoms with Crippen LogP contribution in [0, 0.1) is 6.92 Å². The van der Waals surface area contributed by atoms with Crippen LogP contribution in [0.1, 0.15) is 35.6 Å². The number of amides is 2. The molecule has 2 amide bonds. The number of carbonyl (C=O) groups is 2. The Bertz CT molecular complexity index is 1620. The Kier molecular flexibility index (Phi) is 9.83. The van der Waals surface area contributed by atoms with Crippen LogP contribution in [0.25, 0.3) is 10.9 Å². The molecule has 2 N–H and O–H groups in total. The predicted molar refractivity (Wildman–Crippen MR) is 183 cm³/mol. The van der Waals surface area contributed by atoms with Crippen molar-refractivity contribution in [2.75, 3.05) is 39.4 Å². The summed E-state index contributed by atoms with van der Waals surface area (Å²) in [6, 6.07) is 21.9. The van der Waals surface area contributed by atoms with E-state index in [-0.39, 0.29) is 18.2 Å². The number of aryl methyl sites for hydroxylation is 1. The number of benzene rings is 3. The second-order valence-electron chi connectivity index (χ2n) is 11.5. The zero-order chi connectivity index (χ0) is 30.7. The van der Waals surface area contributed by atoms with Gasteiger partial charge in [-0.2, -0.15) is 0 Å². The van der Waals surface area contributed by atoms with E-state index in [1.807, 2.05) is 47.5 Å². The first-order valence-corrected chi connectivity index (χ1v) is 17.4. The van der Waals surface area contributed by atoms with Gasteiger partial charge in [-0.15, -0.1) is 11.8 Å². The van der Waals surface area contributed by atoms with Crippen molar-refractivity contribution in [1.82, 2.24) is 20.1 Å². The molecule has 1 aromatic heterocycles. The van der Waals surface area contributed by atoms with Gasteiger partial charge >= 0.3 is 0 Å². The second kappa shape index (κ2) is 13.8. The molecule has 2 atom stereocenters. The Morgan fingerprint density at radius 3 is 2.52 bits per heavy atom. The summed E-state index contributed by atoms with van der Waals surface area (Å²) in [6.45, 7) is 7.23. The fourth-order valence-electron chi connectivity index (χ4n) is 6.19. The Labute approximate surface area is 279 Å². The minimum absolute atomic E-state index is 0.0348. The SMILES string of the molecule is Cc1ccc(SC2(C(=O)NCCCN3CCOCC3)CC(=O)N(Cc3ccc(Br)cc3)C2c2c[nH]c3cc(Br)ccc23)cc1. The van der Waals surface area contributed by atoms with E-state index in [9.17, 15) is 9.59 Å². The Balaban J connectivity index is 1.39. The van der Waals surface area contributed by atoms with Crippen molar-refractivity contribution in [3.8, 4) is 0 Å². The zero-order valence-corrected chi connectivity index (χ0v) is 28.6. The number of morpholine rings is 1. The first-order chi connectivity index (χ1) is 21.3. The van der Waals surface area contributed by atoms with Crippen molar-refractivity contribution >= 4 is 66.3 Å². The number of aromatic amines is 1. The predicted octanol–water partition coefficient (Wildman–Crippen LogP) is 6.84. The van der Waals surface area contributed by atoms with Crippen molar-refractivity contribution in [2.24, 2.45) is 0 Å². The fraction of sp³-hybridized carbons (Fsp3) is 0.353. The van der Waals surface area contributed by atoms with Crippen molar-refractivity contribution in [3.05, 3.63) is 98.6 Å². The summed E-state index contributed by atoms with van der Waals surface area (Å²) < 4.78 is 6.35. The third kappa shape index (κ3) is 6.79. The standard InChI is InChI=1S/C34H36Br2N4O3S/c1-23-3-10-27(11-4-23)44-34(33(42)37-13-2-14-39-15-17-43-18-16-39)20-31(41)40(22-24-5-7-25(35)8-6-24)32(34)29-21-38-30-19-26(36)9-12-28(29)30/h3-12,19,21,32,38H,2,13-18,20,22H2,1H3,(H,37,42). The van der Waals surface area contributed by atoms with Gasteiger partial charge in [0, 0.05) is 62.7 Å². The summed E-state index contributed by atoms with van der Waals surface area (Å²) in [5, 5.41) is 4.28. The summed E-state index contributed by atoms with van der Waals surface area (Å²) in [4.78, 5) is 37.4. The van der Waals surface area contributed by atoms with E-state index in [0.29, 0.717) is 13.1 Å². The van der Waals surface area contributed by atoms with Gasteiger partial charge in [0.25, 0.3) is 0 Å².